The molecule has 178 valence electrons. The molecule has 1 saturated heterocycles. The number of hydrogen-bond donors (Lipinski definition) is 2. The monoisotopic (exact) mass is 447 g/mol. The lowest BCUT2D eigenvalue weighted by Gasteiger charge is -2.35. The van der Waals surface area contributed by atoms with E-state index in [4.69, 9.17) is 9.47 Å². The molecule has 8 heteroatoms. The second kappa shape index (κ2) is 11.7. The quantitative estimate of drug-likeness (QED) is 0.664. The van der Waals surface area contributed by atoms with Crippen LogP contribution in [0, 0.1) is 11.8 Å². The number of carbonyl (C=O) groups excluding carboxylic acids is 3. The number of alkyl carbamates (subject to hydrolysis) is 2. The van der Waals surface area contributed by atoms with Gasteiger partial charge in [-0.1, -0.05) is 44.2 Å². The summed E-state index contributed by atoms with van der Waals surface area (Å²) in [5.74, 6) is 0.118. The lowest BCUT2D eigenvalue weighted by Crippen LogP contribution is -2.54. The van der Waals surface area contributed by atoms with E-state index in [1.807, 2.05) is 44.2 Å². The van der Waals surface area contributed by atoms with Crippen LogP contribution >= 0.6 is 0 Å². The Labute approximate surface area is 191 Å². The molecule has 1 atom stereocenters. The standard InChI is InChI=1S/C24H37N3O5/c1-17(2)20(26-23(30)32-24(3,4)5)21(28)27-13-11-18(12-14-27)15-25-22(29)31-16-19-9-7-6-8-10-19/h6-10,17-18,20H,11-16H2,1-5H3,(H,25,29)(H,26,30)/t20-/m0/s1. The summed E-state index contributed by atoms with van der Waals surface area (Å²) in [7, 11) is 0. The first-order valence-corrected chi connectivity index (χ1v) is 11.3. The van der Waals surface area contributed by atoms with Crippen LogP contribution in [0.3, 0.4) is 0 Å². The Morgan fingerprint density at radius 2 is 1.69 bits per heavy atom. The van der Waals surface area contributed by atoms with Gasteiger partial charge >= 0.3 is 12.2 Å². The lowest BCUT2D eigenvalue weighted by molar-refractivity contribution is -0.136. The minimum absolute atomic E-state index is 0.0613. The summed E-state index contributed by atoms with van der Waals surface area (Å²) in [6.45, 7) is 11.1. The number of hydrogen-bond acceptors (Lipinski definition) is 5. The minimum atomic E-state index is -0.632. The second-order valence-electron chi connectivity index (χ2n) is 9.58. The Morgan fingerprint density at radius 3 is 2.25 bits per heavy atom. The molecule has 1 aliphatic rings. The lowest BCUT2D eigenvalue weighted by atomic mass is 9.95. The van der Waals surface area contributed by atoms with Gasteiger partial charge in [0.25, 0.3) is 0 Å². The van der Waals surface area contributed by atoms with Crippen molar-refractivity contribution >= 4 is 18.1 Å². The zero-order chi connectivity index (χ0) is 23.7. The summed E-state index contributed by atoms with van der Waals surface area (Å²) >= 11 is 0. The number of nitrogens with zero attached hydrogens (tertiary/aromatic N) is 1. The Morgan fingerprint density at radius 1 is 1.06 bits per heavy atom. The highest BCUT2D eigenvalue weighted by Gasteiger charge is 2.32. The van der Waals surface area contributed by atoms with Crippen molar-refractivity contribution in [3.05, 3.63) is 35.9 Å². The zero-order valence-corrected chi connectivity index (χ0v) is 19.8. The van der Waals surface area contributed by atoms with Crippen LogP contribution in [0.2, 0.25) is 0 Å². The van der Waals surface area contributed by atoms with Gasteiger partial charge in [-0.05, 0) is 51.0 Å². The van der Waals surface area contributed by atoms with Crippen molar-refractivity contribution in [2.24, 2.45) is 11.8 Å². The summed E-state index contributed by atoms with van der Waals surface area (Å²) < 4.78 is 10.5. The molecule has 2 rings (SSSR count). The average molecular weight is 448 g/mol. The molecular weight excluding hydrogens is 410 g/mol. The van der Waals surface area contributed by atoms with Crippen LogP contribution in [-0.4, -0.2) is 54.3 Å². The van der Waals surface area contributed by atoms with Gasteiger partial charge in [0.2, 0.25) is 5.91 Å². The van der Waals surface area contributed by atoms with E-state index in [1.54, 1.807) is 25.7 Å². The van der Waals surface area contributed by atoms with Crippen molar-refractivity contribution in [2.75, 3.05) is 19.6 Å². The van der Waals surface area contributed by atoms with Gasteiger partial charge in [-0.15, -0.1) is 0 Å². The summed E-state index contributed by atoms with van der Waals surface area (Å²) in [6, 6.07) is 8.89. The van der Waals surface area contributed by atoms with Crippen molar-refractivity contribution in [3.63, 3.8) is 0 Å². The number of ether oxygens (including phenoxy) is 2. The molecule has 0 radical (unpaired) electrons. The molecule has 1 heterocycles. The van der Waals surface area contributed by atoms with Crippen LogP contribution in [-0.2, 0) is 20.9 Å². The molecule has 0 unspecified atom stereocenters. The maximum Gasteiger partial charge on any atom is 0.408 e. The van der Waals surface area contributed by atoms with Gasteiger partial charge < -0.3 is 25.0 Å². The normalized spacial score (nSPS) is 15.8. The summed E-state index contributed by atoms with van der Waals surface area (Å²) in [5, 5.41) is 5.54. The molecule has 0 bridgehead atoms. The molecule has 0 aromatic heterocycles. The van der Waals surface area contributed by atoms with E-state index >= 15 is 0 Å². The van der Waals surface area contributed by atoms with Crippen LogP contribution in [0.1, 0.15) is 53.0 Å². The Balaban J connectivity index is 1.74. The first-order chi connectivity index (χ1) is 15.0. The van der Waals surface area contributed by atoms with E-state index in [2.05, 4.69) is 10.6 Å². The molecule has 0 spiro atoms. The molecule has 0 aliphatic carbocycles. The van der Waals surface area contributed by atoms with Crippen LogP contribution in [0.25, 0.3) is 0 Å². The minimum Gasteiger partial charge on any atom is -0.445 e. The van der Waals surface area contributed by atoms with E-state index in [1.165, 1.54) is 0 Å². The highest BCUT2D eigenvalue weighted by molar-refractivity contribution is 5.86. The third kappa shape index (κ3) is 8.77. The fourth-order valence-electron chi connectivity index (χ4n) is 3.50. The number of likely N-dealkylation sites (tertiary alicyclic amines) is 1. The van der Waals surface area contributed by atoms with Crippen LogP contribution in [0.4, 0.5) is 9.59 Å². The molecule has 1 aliphatic heterocycles. The summed E-state index contributed by atoms with van der Waals surface area (Å²) in [5.41, 5.74) is 0.316. The van der Waals surface area contributed by atoms with Crippen molar-refractivity contribution in [1.29, 1.82) is 0 Å². The topological polar surface area (TPSA) is 97.0 Å². The number of carbonyl (C=O) groups is 3. The maximum atomic E-state index is 13.0. The molecular formula is C24H37N3O5. The fraction of sp³-hybridized carbons (Fsp3) is 0.625. The molecule has 1 aromatic carbocycles. The number of rotatable bonds is 7. The van der Waals surface area contributed by atoms with E-state index in [9.17, 15) is 14.4 Å². The van der Waals surface area contributed by atoms with E-state index < -0.39 is 23.8 Å². The largest absolute Gasteiger partial charge is 0.445 e. The molecule has 0 saturated carbocycles. The smallest absolute Gasteiger partial charge is 0.408 e. The summed E-state index contributed by atoms with van der Waals surface area (Å²) in [4.78, 5) is 38.9. The van der Waals surface area contributed by atoms with Gasteiger partial charge in [-0.3, -0.25) is 4.79 Å². The third-order valence-corrected chi connectivity index (χ3v) is 5.28. The van der Waals surface area contributed by atoms with Crippen molar-refractivity contribution < 1.29 is 23.9 Å². The zero-order valence-electron chi connectivity index (χ0n) is 19.8. The number of piperidine rings is 1. The predicted molar refractivity (Wildman–Crippen MR) is 122 cm³/mol. The van der Waals surface area contributed by atoms with Crippen molar-refractivity contribution in [1.82, 2.24) is 15.5 Å². The Bertz CT molecular complexity index is 753. The van der Waals surface area contributed by atoms with Crippen LogP contribution in [0.5, 0.6) is 0 Å². The molecule has 3 amide bonds. The van der Waals surface area contributed by atoms with Gasteiger partial charge in [0.05, 0.1) is 0 Å². The van der Waals surface area contributed by atoms with Gasteiger partial charge in [-0.25, -0.2) is 9.59 Å². The average Bonchev–Trinajstić information content (AvgIpc) is 2.74. The van der Waals surface area contributed by atoms with E-state index in [-0.39, 0.29) is 24.3 Å². The highest BCUT2D eigenvalue weighted by atomic mass is 16.6. The number of amides is 3. The molecule has 1 aromatic rings. The Kier molecular flexibility index (Phi) is 9.35. The second-order valence-corrected chi connectivity index (χ2v) is 9.58. The number of benzene rings is 1. The molecule has 2 N–H and O–H groups in total. The van der Waals surface area contributed by atoms with Gasteiger partial charge in [0.1, 0.15) is 18.2 Å². The maximum absolute atomic E-state index is 13.0. The van der Waals surface area contributed by atoms with E-state index in [0.717, 1.165) is 18.4 Å². The molecule has 32 heavy (non-hydrogen) atoms. The SMILES string of the molecule is CC(C)[C@H](NC(=O)OC(C)(C)C)C(=O)N1CCC(CNC(=O)OCc2ccccc2)CC1. The Hall–Kier alpha value is -2.77. The first-order valence-electron chi connectivity index (χ1n) is 11.3. The van der Waals surface area contributed by atoms with Gasteiger partial charge in [0.15, 0.2) is 0 Å². The predicted octanol–water partition coefficient (Wildman–Crippen LogP) is 3.70. The van der Waals surface area contributed by atoms with E-state index in [0.29, 0.717) is 19.6 Å². The van der Waals surface area contributed by atoms with Gasteiger partial charge in [0, 0.05) is 19.6 Å². The molecule has 1 fully saturated rings. The van der Waals surface area contributed by atoms with Crippen molar-refractivity contribution in [2.45, 2.75) is 65.7 Å². The third-order valence-electron chi connectivity index (χ3n) is 5.28. The van der Waals surface area contributed by atoms with Gasteiger partial charge in [-0.2, -0.15) is 0 Å². The molecule has 8 nitrogen and oxygen atoms in total. The highest BCUT2D eigenvalue weighted by Crippen LogP contribution is 2.19. The van der Waals surface area contributed by atoms with Crippen LogP contribution in [0.15, 0.2) is 30.3 Å². The fourth-order valence-corrected chi connectivity index (χ4v) is 3.50. The first kappa shape index (κ1) is 25.5. The van der Waals surface area contributed by atoms with Crippen molar-refractivity contribution in [3.8, 4) is 0 Å². The summed E-state index contributed by atoms with van der Waals surface area (Å²) in [6.07, 6.45) is 0.538. The van der Waals surface area contributed by atoms with Crippen LogP contribution < -0.4 is 10.6 Å². The number of nitrogens with one attached hydrogen (secondary N) is 2.